The summed E-state index contributed by atoms with van der Waals surface area (Å²) in [7, 11) is 0. The Kier molecular flexibility index (Phi) is 6.31. The number of nitrogens with zero attached hydrogens (tertiary/aromatic N) is 1. The highest BCUT2D eigenvalue weighted by molar-refractivity contribution is 9.10. The Hall–Kier alpha value is -2.18. The molecule has 2 N–H and O–H groups in total. The Morgan fingerprint density at radius 2 is 1.78 bits per heavy atom. The predicted octanol–water partition coefficient (Wildman–Crippen LogP) is 3.58. The number of carbonyl (C=O) groups excluding carboxylic acids is 2. The van der Waals surface area contributed by atoms with Crippen molar-refractivity contribution in [2.75, 3.05) is 5.32 Å². The van der Waals surface area contributed by atoms with Crippen molar-refractivity contribution < 1.29 is 9.59 Å². The summed E-state index contributed by atoms with van der Waals surface area (Å²) in [6.45, 7) is 0. The fraction of sp³-hybridized carbons (Fsp3) is 0.0625. The monoisotopic (exact) mass is 393 g/mol. The molecule has 0 saturated carbocycles. The average Bonchev–Trinajstić information content (AvgIpc) is 2.51. The fourth-order valence-electron chi connectivity index (χ4n) is 1.67. The van der Waals surface area contributed by atoms with Crippen LogP contribution in [0.15, 0.2) is 58.1 Å². The third-order valence-corrected chi connectivity index (χ3v) is 3.69. The number of rotatable bonds is 5. The normalized spacial score (nSPS) is 10.5. The maximum Gasteiger partial charge on any atom is 0.249 e. The van der Waals surface area contributed by atoms with Gasteiger partial charge in [0, 0.05) is 9.50 Å². The van der Waals surface area contributed by atoms with Gasteiger partial charge in [-0.05, 0) is 45.8 Å². The minimum Gasteiger partial charge on any atom is -0.325 e. The molecule has 0 atom stereocenters. The molecular formula is C16H13BrClN3O2. The van der Waals surface area contributed by atoms with E-state index in [0.29, 0.717) is 10.7 Å². The molecule has 0 bridgehead atoms. The molecule has 7 heteroatoms. The zero-order valence-electron chi connectivity index (χ0n) is 11.9. The molecule has 0 fully saturated rings. The lowest BCUT2D eigenvalue weighted by molar-refractivity contribution is -0.126. The number of hydrogen-bond donors (Lipinski definition) is 2. The largest absolute Gasteiger partial charge is 0.325 e. The molecule has 23 heavy (non-hydrogen) atoms. The van der Waals surface area contributed by atoms with Crippen molar-refractivity contribution in [3.63, 3.8) is 0 Å². The van der Waals surface area contributed by atoms with Gasteiger partial charge in [0.15, 0.2) is 0 Å². The van der Waals surface area contributed by atoms with E-state index in [0.717, 1.165) is 10.0 Å². The number of nitrogens with one attached hydrogen (secondary N) is 2. The van der Waals surface area contributed by atoms with Crippen LogP contribution in [-0.2, 0) is 9.59 Å². The maximum atomic E-state index is 11.8. The van der Waals surface area contributed by atoms with Gasteiger partial charge in [-0.25, -0.2) is 5.43 Å². The van der Waals surface area contributed by atoms with Gasteiger partial charge in [0.1, 0.15) is 6.42 Å². The van der Waals surface area contributed by atoms with Gasteiger partial charge < -0.3 is 5.32 Å². The van der Waals surface area contributed by atoms with Crippen LogP contribution >= 0.6 is 27.5 Å². The number of para-hydroxylation sites is 1. The van der Waals surface area contributed by atoms with E-state index < -0.39 is 11.8 Å². The number of anilines is 1. The van der Waals surface area contributed by atoms with Crippen LogP contribution in [0.2, 0.25) is 5.02 Å². The zero-order valence-corrected chi connectivity index (χ0v) is 14.3. The van der Waals surface area contributed by atoms with Crippen LogP contribution in [0.3, 0.4) is 0 Å². The first kappa shape index (κ1) is 17.2. The highest BCUT2D eigenvalue weighted by Crippen LogP contribution is 2.21. The topological polar surface area (TPSA) is 70.6 Å². The molecule has 0 spiro atoms. The standard InChI is InChI=1S/C16H13BrClN3O2/c17-13-3-1-2-4-14(13)20-15(22)9-16(23)21-19-10-11-5-7-12(18)8-6-11/h1-8,10H,9H2,(H,20,22)(H,21,23). The van der Waals surface area contributed by atoms with Crippen LogP contribution in [0, 0.1) is 0 Å². The summed E-state index contributed by atoms with van der Waals surface area (Å²) in [5, 5.41) is 7.05. The summed E-state index contributed by atoms with van der Waals surface area (Å²) >= 11 is 9.08. The van der Waals surface area contributed by atoms with Gasteiger partial charge >= 0.3 is 0 Å². The summed E-state index contributed by atoms with van der Waals surface area (Å²) in [6, 6.07) is 14.1. The van der Waals surface area contributed by atoms with E-state index in [9.17, 15) is 9.59 Å². The Morgan fingerprint density at radius 1 is 1.09 bits per heavy atom. The number of amides is 2. The molecule has 0 unspecified atom stereocenters. The number of hydrogen-bond acceptors (Lipinski definition) is 3. The molecule has 0 aromatic heterocycles. The lowest BCUT2D eigenvalue weighted by atomic mass is 10.2. The molecule has 2 aromatic carbocycles. The molecule has 0 aliphatic heterocycles. The highest BCUT2D eigenvalue weighted by atomic mass is 79.9. The Morgan fingerprint density at radius 3 is 2.48 bits per heavy atom. The number of benzene rings is 2. The molecule has 5 nitrogen and oxygen atoms in total. The van der Waals surface area contributed by atoms with E-state index in [1.807, 2.05) is 6.07 Å². The minimum atomic E-state index is -0.500. The van der Waals surface area contributed by atoms with Crippen molar-refractivity contribution in [2.45, 2.75) is 6.42 Å². The molecule has 0 saturated heterocycles. The van der Waals surface area contributed by atoms with Crippen LogP contribution in [0.25, 0.3) is 0 Å². The van der Waals surface area contributed by atoms with Gasteiger partial charge in [-0.2, -0.15) is 5.10 Å². The first-order valence-electron chi connectivity index (χ1n) is 6.66. The average molecular weight is 395 g/mol. The highest BCUT2D eigenvalue weighted by Gasteiger charge is 2.10. The maximum absolute atomic E-state index is 11.8. The lowest BCUT2D eigenvalue weighted by Gasteiger charge is -2.06. The molecule has 0 radical (unpaired) electrons. The summed E-state index contributed by atoms with van der Waals surface area (Å²) < 4.78 is 0.745. The Bertz CT molecular complexity index is 732. The Labute approximate surface area is 146 Å². The summed E-state index contributed by atoms with van der Waals surface area (Å²) in [6.07, 6.45) is 1.15. The van der Waals surface area contributed by atoms with Gasteiger partial charge in [0.2, 0.25) is 11.8 Å². The van der Waals surface area contributed by atoms with E-state index in [-0.39, 0.29) is 6.42 Å². The fourth-order valence-corrected chi connectivity index (χ4v) is 2.18. The molecule has 2 aromatic rings. The third kappa shape index (κ3) is 5.84. The molecule has 2 amide bonds. The lowest BCUT2D eigenvalue weighted by Crippen LogP contribution is -2.24. The zero-order chi connectivity index (χ0) is 16.7. The van der Waals surface area contributed by atoms with Crippen molar-refractivity contribution >= 4 is 51.2 Å². The second-order valence-corrected chi connectivity index (χ2v) is 5.84. The molecule has 0 heterocycles. The van der Waals surface area contributed by atoms with Crippen LogP contribution in [0.4, 0.5) is 5.69 Å². The third-order valence-electron chi connectivity index (χ3n) is 2.74. The van der Waals surface area contributed by atoms with Gasteiger partial charge in [0.25, 0.3) is 0 Å². The van der Waals surface area contributed by atoms with Gasteiger partial charge in [-0.3, -0.25) is 9.59 Å². The van der Waals surface area contributed by atoms with Gasteiger partial charge in [-0.15, -0.1) is 0 Å². The molecule has 2 rings (SSSR count). The van der Waals surface area contributed by atoms with Crippen LogP contribution in [0.1, 0.15) is 12.0 Å². The van der Waals surface area contributed by atoms with E-state index in [4.69, 9.17) is 11.6 Å². The second kappa shape index (κ2) is 8.45. The van der Waals surface area contributed by atoms with Crippen LogP contribution in [0.5, 0.6) is 0 Å². The van der Waals surface area contributed by atoms with Crippen molar-refractivity contribution in [3.05, 3.63) is 63.6 Å². The number of halogens is 2. The second-order valence-electron chi connectivity index (χ2n) is 4.55. The molecule has 0 aliphatic rings. The SMILES string of the molecule is O=C(CC(=O)Nc1ccccc1Br)NN=Cc1ccc(Cl)cc1. The summed E-state index contributed by atoms with van der Waals surface area (Å²) in [5.74, 6) is -0.920. The quantitative estimate of drug-likeness (QED) is 0.462. The van der Waals surface area contributed by atoms with Crippen molar-refractivity contribution in [1.82, 2.24) is 5.43 Å². The molecular weight excluding hydrogens is 382 g/mol. The Balaban J connectivity index is 1.81. The van der Waals surface area contributed by atoms with Crippen LogP contribution in [-0.4, -0.2) is 18.0 Å². The molecule has 118 valence electrons. The van der Waals surface area contributed by atoms with E-state index in [1.54, 1.807) is 42.5 Å². The van der Waals surface area contributed by atoms with Crippen molar-refractivity contribution in [2.24, 2.45) is 5.10 Å². The predicted molar refractivity (Wildman–Crippen MR) is 94.6 cm³/mol. The van der Waals surface area contributed by atoms with E-state index >= 15 is 0 Å². The smallest absolute Gasteiger partial charge is 0.249 e. The van der Waals surface area contributed by atoms with Gasteiger partial charge in [-0.1, -0.05) is 35.9 Å². The minimum absolute atomic E-state index is 0.320. The summed E-state index contributed by atoms with van der Waals surface area (Å²) in [4.78, 5) is 23.4. The van der Waals surface area contributed by atoms with Gasteiger partial charge in [0.05, 0.1) is 11.9 Å². The van der Waals surface area contributed by atoms with E-state index in [1.165, 1.54) is 6.21 Å². The van der Waals surface area contributed by atoms with E-state index in [2.05, 4.69) is 31.8 Å². The summed E-state index contributed by atoms with van der Waals surface area (Å²) in [5.41, 5.74) is 3.69. The van der Waals surface area contributed by atoms with Crippen molar-refractivity contribution in [3.8, 4) is 0 Å². The number of carbonyl (C=O) groups is 2. The van der Waals surface area contributed by atoms with Crippen LogP contribution < -0.4 is 10.7 Å². The first-order valence-corrected chi connectivity index (χ1v) is 7.83. The first-order chi connectivity index (χ1) is 11.0. The molecule has 0 aliphatic carbocycles. The van der Waals surface area contributed by atoms with Crippen molar-refractivity contribution in [1.29, 1.82) is 0 Å². The number of hydrazone groups is 1.